The van der Waals surface area contributed by atoms with Crippen LogP contribution in [0.1, 0.15) is 28.9 Å². The fourth-order valence-corrected chi connectivity index (χ4v) is 3.97. The van der Waals surface area contributed by atoms with Crippen LogP contribution in [0.25, 0.3) is 0 Å². The summed E-state index contributed by atoms with van der Waals surface area (Å²) in [7, 11) is 0. The van der Waals surface area contributed by atoms with Crippen LogP contribution in [-0.4, -0.2) is 5.91 Å². The van der Waals surface area contributed by atoms with Gasteiger partial charge in [-0.3, -0.25) is 4.79 Å². The molecule has 3 rings (SSSR count). The molecule has 1 amide bonds. The minimum absolute atomic E-state index is 0.00838. The van der Waals surface area contributed by atoms with Gasteiger partial charge < -0.3 is 5.32 Å². The molecule has 132 valence electrons. The van der Waals surface area contributed by atoms with Crippen molar-refractivity contribution < 1.29 is 4.79 Å². The maximum Gasteiger partial charge on any atom is 0.242 e. The second kappa shape index (κ2) is 8.72. The first kappa shape index (κ1) is 18.3. The molecule has 2 nitrogen and oxygen atoms in total. The number of anilines is 1. The molecule has 0 spiro atoms. The van der Waals surface area contributed by atoms with E-state index in [1.807, 2.05) is 79.7 Å². The predicted molar refractivity (Wildman–Crippen MR) is 111 cm³/mol. The van der Waals surface area contributed by atoms with Crippen LogP contribution < -0.4 is 5.32 Å². The molecule has 0 aromatic heterocycles. The lowest BCUT2D eigenvalue weighted by Crippen LogP contribution is -2.20. The molecule has 0 aliphatic rings. The molecular formula is C23H23NOS. The van der Waals surface area contributed by atoms with Crippen molar-refractivity contribution in [3.8, 4) is 0 Å². The van der Waals surface area contributed by atoms with Gasteiger partial charge in [-0.25, -0.2) is 0 Å². The topological polar surface area (TPSA) is 29.1 Å². The highest BCUT2D eigenvalue weighted by molar-refractivity contribution is 8.00. The molecule has 3 aromatic carbocycles. The van der Waals surface area contributed by atoms with Gasteiger partial charge in [-0.2, -0.15) is 0 Å². The van der Waals surface area contributed by atoms with E-state index in [-0.39, 0.29) is 11.2 Å². The van der Waals surface area contributed by atoms with Gasteiger partial charge in [-0.15, -0.1) is 11.8 Å². The van der Waals surface area contributed by atoms with Gasteiger partial charge >= 0.3 is 0 Å². The Morgan fingerprint density at radius 2 is 1.58 bits per heavy atom. The molecule has 0 unspecified atom stereocenters. The first-order valence-corrected chi connectivity index (χ1v) is 9.73. The Morgan fingerprint density at radius 1 is 0.923 bits per heavy atom. The quantitative estimate of drug-likeness (QED) is 0.543. The van der Waals surface area contributed by atoms with Gasteiger partial charge in [0.2, 0.25) is 5.91 Å². The molecule has 1 N–H and O–H groups in total. The van der Waals surface area contributed by atoms with E-state index in [0.717, 1.165) is 33.7 Å². The fourth-order valence-electron chi connectivity index (χ4n) is 2.93. The average molecular weight is 362 g/mol. The summed E-state index contributed by atoms with van der Waals surface area (Å²) in [5, 5.41) is 2.89. The highest BCUT2D eigenvalue weighted by Crippen LogP contribution is 2.36. The van der Waals surface area contributed by atoms with Crippen LogP contribution in [0.4, 0.5) is 5.69 Å². The molecule has 0 aliphatic carbocycles. The molecule has 0 fully saturated rings. The van der Waals surface area contributed by atoms with E-state index in [1.165, 1.54) is 0 Å². The SMILES string of the molecule is CCc1cccc(C)c1NC(=O)[C@@H](Sc1ccccc1)c1ccccc1. The van der Waals surface area contributed by atoms with Crippen molar-refractivity contribution in [2.24, 2.45) is 0 Å². The van der Waals surface area contributed by atoms with E-state index in [9.17, 15) is 4.79 Å². The average Bonchev–Trinajstić information content (AvgIpc) is 2.69. The van der Waals surface area contributed by atoms with Crippen molar-refractivity contribution in [3.63, 3.8) is 0 Å². The van der Waals surface area contributed by atoms with Crippen molar-refractivity contribution in [1.82, 2.24) is 0 Å². The molecule has 3 aromatic rings. The summed E-state index contributed by atoms with van der Waals surface area (Å²) < 4.78 is 0. The van der Waals surface area contributed by atoms with Crippen LogP contribution in [0.15, 0.2) is 83.8 Å². The second-order valence-electron chi connectivity index (χ2n) is 6.17. The van der Waals surface area contributed by atoms with Gasteiger partial charge in [0, 0.05) is 10.6 Å². The van der Waals surface area contributed by atoms with E-state index in [1.54, 1.807) is 11.8 Å². The number of thioether (sulfide) groups is 1. The van der Waals surface area contributed by atoms with E-state index >= 15 is 0 Å². The summed E-state index contributed by atoms with van der Waals surface area (Å²) in [5.74, 6) is 0.00838. The number of nitrogens with one attached hydrogen (secondary N) is 1. The molecule has 0 aliphatic heterocycles. The van der Waals surface area contributed by atoms with Gasteiger partial charge in [-0.05, 0) is 42.2 Å². The van der Waals surface area contributed by atoms with Crippen LogP contribution in [0.2, 0.25) is 0 Å². The van der Waals surface area contributed by atoms with Crippen molar-refractivity contribution in [2.75, 3.05) is 5.32 Å². The smallest absolute Gasteiger partial charge is 0.242 e. The van der Waals surface area contributed by atoms with Gasteiger partial charge in [-0.1, -0.05) is 73.7 Å². The Bertz CT molecular complexity index is 862. The lowest BCUT2D eigenvalue weighted by atomic mass is 10.1. The normalized spacial score (nSPS) is 11.8. The number of benzene rings is 3. The standard InChI is InChI=1S/C23H23NOS/c1-3-18-14-10-11-17(2)21(18)24-23(25)22(19-12-6-4-7-13-19)26-20-15-8-5-9-16-20/h4-16,22H,3H2,1-2H3,(H,24,25)/t22-/m0/s1. The summed E-state index contributed by atoms with van der Waals surface area (Å²) in [6.07, 6.45) is 0.888. The molecular weight excluding hydrogens is 338 g/mol. The summed E-state index contributed by atoms with van der Waals surface area (Å²) in [5.41, 5.74) is 4.20. The number of rotatable bonds is 6. The zero-order valence-electron chi connectivity index (χ0n) is 15.1. The van der Waals surface area contributed by atoms with E-state index in [0.29, 0.717) is 0 Å². The van der Waals surface area contributed by atoms with Gasteiger partial charge in [0.1, 0.15) is 5.25 Å². The molecule has 0 bridgehead atoms. The fraction of sp³-hybridized carbons (Fsp3) is 0.174. The monoisotopic (exact) mass is 361 g/mol. The molecule has 0 heterocycles. The predicted octanol–water partition coefficient (Wildman–Crippen LogP) is 6.03. The summed E-state index contributed by atoms with van der Waals surface area (Å²) >= 11 is 1.58. The minimum atomic E-state index is -0.303. The largest absolute Gasteiger partial charge is 0.324 e. The van der Waals surface area contributed by atoms with E-state index in [2.05, 4.69) is 18.3 Å². The maximum atomic E-state index is 13.2. The summed E-state index contributed by atoms with van der Waals surface area (Å²) in [6.45, 7) is 4.15. The number of carbonyl (C=O) groups is 1. The molecule has 0 radical (unpaired) electrons. The summed E-state index contributed by atoms with van der Waals surface area (Å²) in [6, 6.07) is 26.2. The van der Waals surface area contributed by atoms with Crippen LogP contribution >= 0.6 is 11.8 Å². The first-order chi connectivity index (χ1) is 12.7. The number of carbonyl (C=O) groups excluding carboxylic acids is 1. The van der Waals surface area contributed by atoms with Crippen molar-refractivity contribution in [1.29, 1.82) is 0 Å². The minimum Gasteiger partial charge on any atom is -0.324 e. The molecule has 0 saturated carbocycles. The number of hydrogen-bond acceptors (Lipinski definition) is 2. The highest BCUT2D eigenvalue weighted by atomic mass is 32.2. The third kappa shape index (κ3) is 4.36. The lowest BCUT2D eigenvalue weighted by molar-refractivity contribution is -0.115. The highest BCUT2D eigenvalue weighted by Gasteiger charge is 2.23. The number of amides is 1. The van der Waals surface area contributed by atoms with E-state index in [4.69, 9.17) is 0 Å². The first-order valence-electron chi connectivity index (χ1n) is 8.85. The number of aryl methyl sites for hydroxylation is 2. The molecule has 26 heavy (non-hydrogen) atoms. The Labute approximate surface area is 159 Å². The number of hydrogen-bond donors (Lipinski definition) is 1. The Balaban J connectivity index is 1.91. The molecule has 0 saturated heterocycles. The Kier molecular flexibility index (Phi) is 6.13. The van der Waals surface area contributed by atoms with Crippen molar-refractivity contribution in [3.05, 3.63) is 95.6 Å². The van der Waals surface area contributed by atoms with Crippen LogP contribution in [0, 0.1) is 6.92 Å². The van der Waals surface area contributed by atoms with E-state index < -0.39 is 0 Å². The third-order valence-corrected chi connectivity index (χ3v) is 5.59. The van der Waals surface area contributed by atoms with Gasteiger partial charge in [0.25, 0.3) is 0 Å². The van der Waals surface area contributed by atoms with Crippen LogP contribution in [0.3, 0.4) is 0 Å². The van der Waals surface area contributed by atoms with Crippen molar-refractivity contribution in [2.45, 2.75) is 30.4 Å². The Hall–Kier alpha value is -2.52. The third-order valence-electron chi connectivity index (χ3n) is 4.33. The van der Waals surface area contributed by atoms with Crippen LogP contribution in [-0.2, 0) is 11.2 Å². The number of para-hydroxylation sites is 1. The van der Waals surface area contributed by atoms with Gasteiger partial charge in [0.15, 0.2) is 0 Å². The Morgan fingerprint density at radius 3 is 2.23 bits per heavy atom. The zero-order chi connectivity index (χ0) is 18.4. The second-order valence-corrected chi connectivity index (χ2v) is 7.35. The summed E-state index contributed by atoms with van der Waals surface area (Å²) in [4.78, 5) is 14.3. The molecule has 3 heteroatoms. The van der Waals surface area contributed by atoms with Gasteiger partial charge in [0.05, 0.1) is 0 Å². The zero-order valence-corrected chi connectivity index (χ0v) is 15.9. The lowest BCUT2D eigenvalue weighted by Gasteiger charge is -2.19. The van der Waals surface area contributed by atoms with Crippen LogP contribution in [0.5, 0.6) is 0 Å². The maximum absolute atomic E-state index is 13.2. The molecule has 1 atom stereocenters. The van der Waals surface area contributed by atoms with Crippen molar-refractivity contribution >= 4 is 23.4 Å².